The number of aliphatic hydroxyl groups is 1. The molecular weight excluding hydrogens is 250 g/mol. The average molecular weight is 265 g/mol. The molecule has 102 valence electrons. The summed E-state index contributed by atoms with van der Waals surface area (Å²) in [4.78, 5) is 24.8. The fourth-order valence-corrected chi connectivity index (χ4v) is 1.90. The summed E-state index contributed by atoms with van der Waals surface area (Å²) >= 11 is 0. The predicted molar refractivity (Wildman–Crippen MR) is 64.0 cm³/mol. The summed E-state index contributed by atoms with van der Waals surface area (Å²) < 4.78 is 1.38. The van der Waals surface area contributed by atoms with Crippen LogP contribution in [0, 0.1) is 5.92 Å². The Hall–Kier alpha value is -1.96. The Bertz CT molecular complexity index is 504. The number of hydrogen-bond donors (Lipinski definition) is 2. The van der Waals surface area contributed by atoms with Gasteiger partial charge in [0.15, 0.2) is 5.82 Å². The number of nitrogens with zero attached hydrogens (tertiary/aromatic N) is 4. The van der Waals surface area contributed by atoms with E-state index in [4.69, 9.17) is 5.11 Å². The first-order valence-corrected chi connectivity index (χ1v) is 6.28. The predicted octanol–water partition coefficient (Wildman–Crippen LogP) is -1.17. The minimum Gasteiger partial charge on any atom is -0.389 e. The van der Waals surface area contributed by atoms with Gasteiger partial charge in [-0.2, -0.15) is 0 Å². The van der Waals surface area contributed by atoms with E-state index < -0.39 is 6.10 Å². The van der Waals surface area contributed by atoms with E-state index >= 15 is 0 Å². The molecule has 0 spiro atoms. The zero-order chi connectivity index (χ0) is 13.4. The SMILES string of the molecule is O=C(Nc1cn(CC(=O)N2CC(O)C2)nn1)C1CC1. The first-order valence-electron chi connectivity index (χ1n) is 6.28. The number of hydrogen-bond acceptors (Lipinski definition) is 5. The molecular formula is C11H15N5O3. The van der Waals surface area contributed by atoms with Crippen LogP contribution >= 0.6 is 0 Å². The molecule has 1 aromatic heterocycles. The van der Waals surface area contributed by atoms with E-state index in [0.29, 0.717) is 18.9 Å². The van der Waals surface area contributed by atoms with Gasteiger partial charge >= 0.3 is 0 Å². The number of aromatic nitrogens is 3. The van der Waals surface area contributed by atoms with Gasteiger partial charge in [-0.1, -0.05) is 5.21 Å². The molecule has 0 unspecified atom stereocenters. The van der Waals surface area contributed by atoms with Crippen molar-refractivity contribution < 1.29 is 14.7 Å². The number of amides is 2. The van der Waals surface area contributed by atoms with Gasteiger partial charge in [0.2, 0.25) is 11.8 Å². The Morgan fingerprint density at radius 1 is 1.42 bits per heavy atom. The van der Waals surface area contributed by atoms with Crippen molar-refractivity contribution in [3.63, 3.8) is 0 Å². The lowest BCUT2D eigenvalue weighted by molar-refractivity contribution is -0.142. The summed E-state index contributed by atoms with van der Waals surface area (Å²) in [7, 11) is 0. The first-order chi connectivity index (χ1) is 9.11. The number of nitrogens with one attached hydrogen (secondary N) is 1. The molecule has 8 heteroatoms. The van der Waals surface area contributed by atoms with Gasteiger partial charge in [0.1, 0.15) is 6.54 Å². The van der Waals surface area contributed by atoms with E-state index in [1.54, 1.807) is 4.90 Å². The molecule has 1 saturated carbocycles. The van der Waals surface area contributed by atoms with Crippen LogP contribution in [0.15, 0.2) is 6.20 Å². The molecule has 0 atom stereocenters. The van der Waals surface area contributed by atoms with Crippen LogP contribution in [0.1, 0.15) is 12.8 Å². The lowest BCUT2D eigenvalue weighted by atomic mass is 10.2. The van der Waals surface area contributed by atoms with Crippen LogP contribution < -0.4 is 5.32 Å². The summed E-state index contributed by atoms with van der Waals surface area (Å²) in [5.41, 5.74) is 0. The largest absolute Gasteiger partial charge is 0.389 e. The Morgan fingerprint density at radius 3 is 2.79 bits per heavy atom. The van der Waals surface area contributed by atoms with Crippen LogP contribution in [0.4, 0.5) is 5.82 Å². The molecule has 2 amide bonds. The molecule has 2 aliphatic rings. The molecule has 2 N–H and O–H groups in total. The van der Waals surface area contributed by atoms with Gasteiger partial charge in [0, 0.05) is 19.0 Å². The summed E-state index contributed by atoms with van der Waals surface area (Å²) in [6.07, 6.45) is 2.98. The summed E-state index contributed by atoms with van der Waals surface area (Å²) in [5.74, 6) is 0.321. The normalized spacial score (nSPS) is 19.1. The van der Waals surface area contributed by atoms with E-state index in [1.807, 2.05) is 0 Å². The van der Waals surface area contributed by atoms with Crippen molar-refractivity contribution in [1.29, 1.82) is 0 Å². The molecule has 19 heavy (non-hydrogen) atoms. The number of carbonyl (C=O) groups is 2. The second-order valence-corrected chi connectivity index (χ2v) is 5.02. The van der Waals surface area contributed by atoms with Gasteiger partial charge in [-0.05, 0) is 12.8 Å². The van der Waals surface area contributed by atoms with E-state index in [9.17, 15) is 9.59 Å². The molecule has 2 fully saturated rings. The van der Waals surface area contributed by atoms with E-state index in [0.717, 1.165) is 12.8 Å². The van der Waals surface area contributed by atoms with Crippen molar-refractivity contribution in [2.45, 2.75) is 25.5 Å². The zero-order valence-corrected chi connectivity index (χ0v) is 10.3. The van der Waals surface area contributed by atoms with Gasteiger partial charge in [0.05, 0.1) is 12.3 Å². The number of aliphatic hydroxyl groups excluding tert-OH is 1. The monoisotopic (exact) mass is 265 g/mol. The van der Waals surface area contributed by atoms with Gasteiger partial charge in [-0.3, -0.25) is 9.59 Å². The number of likely N-dealkylation sites (tertiary alicyclic amines) is 1. The third kappa shape index (κ3) is 2.73. The third-order valence-corrected chi connectivity index (χ3v) is 3.25. The number of anilines is 1. The van der Waals surface area contributed by atoms with E-state index in [1.165, 1.54) is 10.9 Å². The maximum Gasteiger partial charge on any atom is 0.244 e. The average Bonchev–Trinajstić information content (AvgIpc) is 3.09. The second-order valence-electron chi connectivity index (χ2n) is 5.02. The molecule has 0 bridgehead atoms. The molecule has 2 heterocycles. The zero-order valence-electron chi connectivity index (χ0n) is 10.3. The van der Waals surface area contributed by atoms with E-state index in [2.05, 4.69) is 15.6 Å². The first kappa shape index (κ1) is 12.1. The molecule has 1 aliphatic heterocycles. The smallest absolute Gasteiger partial charge is 0.244 e. The molecule has 3 rings (SSSR count). The van der Waals surface area contributed by atoms with Gasteiger partial charge in [-0.25, -0.2) is 4.68 Å². The quantitative estimate of drug-likeness (QED) is 0.714. The van der Waals surface area contributed by atoms with Gasteiger partial charge in [0.25, 0.3) is 0 Å². The molecule has 8 nitrogen and oxygen atoms in total. The van der Waals surface area contributed by atoms with Crippen molar-refractivity contribution >= 4 is 17.6 Å². The highest BCUT2D eigenvalue weighted by molar-refractivity contribution is 5.93. The Kier molecular flexibility index (Phi) is 2.94. The van der Waals surface area contributed by atoms with E-state index in [-0.39, 0.29) is 24.3 Å². The van der Waals surface area contributed by atoms with Gasteiger partial charge < -0.3 is 15.3 Å². The van der Waals surface area contributed by atoms with Crippen molar-refractivity contribution in [2.75, 3.05) is 18.4 Å². The fraction of sp³-hybridized carbons (Fsp3) is 0.636. The second kappa shape index (κ2) is 4.61. The molecule has 1 aliphatic carbocycles. The van der Waals surface area contributed by atoms with Crippen molar-refractivity contribution in [2.24, 2.45) is 5.92 Å². The molecule has 0 aromatic carbocycles. The van der Waals surface area contributed by atoms with Crippen molar-refractivity contribution in [3.05, 3.63) is 6.20 Å². The highest BCUT2D eigenvalue weighted by Crippen LogP contribution is 2.29. The maximum absolute atomic E-state index is 11.7. The lowest BCUT2D eigenvalue weighted by Crippen LogP contribution is -2.54. The Balaban J connectivity index is 1.52. The van der Waals surface area contributed by atoms with Crippen LogP contribution in [-0.4, -0.2) is 56.0 Å². The fourth-order valence-electron chi connectivity index (χ4n) is 1.90. The Morgan fingerprint density at radius 2 is 2.16 bits per heavy atom. The van der Waals surface area contributed by atoms with Crippen LogP contribution in [0.5, 0.6) is 0 Å². The third-order valence-electron chi connectivity index (χ3n) is 3.25. The summed E-state index contributed by atoms with van der Waals surface area (Å²) in [6, 6.07) is 0. The highest BCUT2D eigenvalue weighted by Gasteiger charge is 2.30. The van der Waals surface area contributed by atoms with Crippen LogP contribution in [0.25, 0.3) is 0 Å². The van der Waals surface area contributed by atoms with Crippen molar-refractivity contribution in [3.8, 4) is 0 Å². The van der Waals surface area contributed by atoms with Crippen LogP contribution in [0.3, 0.4) is 0 Å². The lowest BCUT2D eigenvalue weighted by Gasteiger charge is -2.35. The van der Waals surface area contributed by atoms with Gasteiger partial charge in [-0.15, -0.1) is 5.10 Å². The molecule has 0 radical (unpaired) electrons. The van der Waals surface area contributed by atoms with Crippen LogP contribution in [0.2, 0.25) is 0 Å². The molecule has 1 saturated heterocycles. The summed E-state index contributed by atoms with van der Waals surface area (Å²) in [6.45, 7) is 0.816. The number of rotatable bonds is 4. The highest BCUT2D eigenvalue weighted by atomic mass is 16.3. The van der Waals surface area contributed by atoms with Crippen molar-refractivity contribution in [1.82, 2.24) is 19.9 Å². The topological polar surface area (TPSA) is 100 Å². The minimum absolute atomic E-state index is 0.0377. The maximum atomic E-state index is 11.7. The molecule has 1 aromatic rings. The minimum atomic E-state index is -0.409. The number of carbonyl (C=O) groups excluding carboxylic acids is 2. The summed E-state index contributed by atoms with van der Waals surface area (Å²) in [5, 5.41) is 19.4. The van der Waals surface area contributed by atoms with Crippen LogP contribution in [-0.2, 0) is 16.1 Å². The Labute approximate surface area is 109 Å². The number of β-amino-alcohol motifs (C(OH)–C–C–N with tert-alkyl or cyclic N) is 1. The standard InChI is InChI=1S/C11H15N5O3/c17-8-3-15(4-8)10(18)6-16-5-9(13-14-16)12-11(19)7-1-2-7/h5,7-8,17H,1-4,6H2,(H,12,19).